The number of nitrogens with two attached hydrogens (primary N) is 1. The first kappa shape index (κ1) is 15.6. The molecule has 2 aromatic rings. The highest BCUT2D eigenvalue weighted by Crippen LogP contribution is 2.34. The fraction of sp³-hybridized carbons (Fsp3) is 0.267. The number of nitrogen functional groups attached to an aromatic ring is 1. The molecule has 0 amide bonds. The van der Waals surface area contributed by atoms with Gasteiger partial charge < -0.3 is 15.2 Å². The molecule has 23 heavy (non-hydrogen) atoms. The number of rotatable bonds is 4. The number of carbonyl (C=O) groups excluding carboxylic acids is 1. The number of nitrogens with zero attached hydrogens (tertiary/aromatic N) is 2. The molecule has 0 aliphatic carbocycles. The summed E-state index contributed by atoms with van der Waals surface area (Å²) in [7, 11) is 0. The van der Waals surface area contributed by atoms with Gasteiger partial charge in [0.1, 0.15) is 23.2 Å². The third kappa shape index (κ3) is 3.72. The van der Waals surface area contributed by atoms with Gasteiger partial charge in [-0.05, 0) is 18.2 Å². The summed E-state index contributed by atoms with van der Waals surface area (Å²) >= 11 is 1.40. The van der Waals surface area contributed by atoms with Gasteiger partial charge >= 0.3 is 11.7 Å². The fourth-order valence-corrected chi connectivity index (χ4v) is 3.23. The number of anilines is 1. The minimum atomic E-state index is -0.423. The van der Waals surface area contributed by atoms with Crippen molar-refractivity contribution < 1.29 is 14.3 Å². The Balaban J connectivity index is 1.56. The number of esters is 1. The van der Waals surface area contributed by atoms with E-state index in [1.54, 1.807) is 36.5 Å². The summed E-state index contributed by atoms with van der Waals surface area (Å²) in [6, 6.07) is 10.3. The number of ether oxygens (including phenoxy) is 2. The maximum Gasteiger partial charge on any atom is 0.350 e. The number of thioether (sulfide) groups is 1. The highest BCUT2D eigenvalue weighted by atomic mass is 32.2. The first-order valence-electron chi connectivity index (χ1n) is 6.97. The lowest BCUT2D eigenvalue weighted by Crippen LogP contribution is -2.26. The molecule has 2 N–H and O–H groups in total. The molecule has 0 unspecified atom stereocenters. The average Bonchev–Trinajstić information content (AvgIpc) is 3.02. The van der Waals surface area contributed by atoms with Crippen LogP contribution in [0.25, 0.3) is 0 Å². The van der Waals surface area contributed by atoms with E-state index in [1.807, 2.05) is 6.07 Å². The van der Waals surface area contributed by atoms with Gasteiger partial charge in [0.15, 0.2) is 0 Å². The van der Waals surface area contributed by atoms with Crippen molar-refractivity contribution in [2.24, 2.45) is 0 Å². The van der Waals surface area contributed by atoms with Gasteiger partial charge in [-0.25, -0.2) is 9.59 Å². The van der Waals surface area contributed by atoms with Crippen LogP contribution in [0.3, 0.4) is 0 Å². The zero-order valence-corrected chi connectivity index (χ0v) is 12.9. The second-order valence-electron chi connectivity index (χ2n) is 4.86. The summed E-state index contributed by atoms with van der Waals surface area (Å²) < 4.78 is 12.3. The number of carbonyl (C=O) groups is 1. The summed E-state index contributed by atoms with van der Waals surface area (Å²) in [6.45, 7) is 0.454. The Morgan fingerprint density at radius 2 is 2.17 bits per heavy atom. The first-order valence-corrected chi connectivity index (χ1v) is 7.91. The number of hydrogen-bond donors (Lipinski definition) is 1. The fourth-order valence-electron chi connectivity index (χ4n) is 2.12. The molecule has 1 aliphatic rings. The zero-order valence-electron chi connectivity index (χ0n) is 12.1. The van der Waals surface area contributed by atoms with Crippen LogP contribution in [-0.4, -0.2) is 34.2 Å². The molecule has 1 saturated heterocycles. The molecule has 0 spiro atoms. The van der Waals surface area contributed by atoms with Crippen LogP contribution in [0.5, 0.6) is 0 Å². The van der Waals surface area contributed by atoms with Crippen LogP contribution in [0.1, 0.15) is 15.7 Å². The topological polar surface area (TPSA) is 96.4 Å². The van der Waals surface area contributed by atoms with Crippen LogP contribution in [0.15, 0.2) is 47.4 Å². The summed E-state index contributed by atoms with van der Waals surface area (Å²) in [5, 5.41) is -0.212. The summed E-state index contributed by atoms with van der Waals surface area (Å²) in [5.74, 6) is -0.215. The maximum absolute atomic E-state index is 11.9. The molecule has 2 heterocycles. The quantitative estimate of drug-likeness (QED) is 0.842. The molecule has 2 atom stereocenters. The Hall–Kier alpha value is -2.32. The van der Waals surface area contributed by atoms with Crippen molar-refractivity contribution in [3.63, 3.8) is 0 Å². The van der Waals surface area contributed by atoms with E-state index in [1.165, 1.54) is 16.3 Å². The van der Waals surface area contributed by atoms with Gasteiger partial charge in [0.2, 0.25) is 0 Å². The van der Waals surface area contributed by atoms with E-state index in [0.717, 1.165) is 0 Å². The second kappa shape index (κ2) is 6.84. The van der Waals surface area contributed by atoms with E-state index in [0.29, 0.717) is 12.2 Å². The molecule has 8 heteroatoms. The lowest BCUT2D eigenvalue weighted by molar-refractivity contribution is 0.0273. The predicted molar refractivity (Wildman–Crippen MR) is 86.0 cm³/mol. The van der Waals surface area contributed by atoms with Crippen LogP contribution in [0.2, 0.25) is 0 Å². The molecule has 0 radical (unpaired) electrons. The minimum Gasteiger partial charge on any atom is -0.458 e. The Labute approximate surface area is 136 Å². The standard InChI is InChI=1S/C15H15N3O4S/c16-11-6-7-18(15(20)17-11)12-8-21-13(23-12)9-22-14(19)10-4-2-1-3-5-10/h1-7,12-13H,8-9H2,(H2,16,17,20)/t12-,13+/m0/s1. The van der Waals surface area contributed by atoms with E-state index in [2.05, 4.69) is 4.98 Å². The summed E-state index contributed by atoms with van der Waals surface area (Å²) in [5.41, 5.74) is 5.22. The van der Waals surface area contributed by atoms with Gasteiger partial charge in [0.05, 0.1) is 12.2 Å². The average molecular weight is 333 g/mol. The van der Waals surface area contributed by atoms with Crippen molar-refractivity contribution in [3.05, 3.63) is 58.6 Å². The Bertz CT molecular complexity index is 750. The van der Waals surface area contributed by atoms with E-state index < -0.39 is 11.7 Å². The predicted octanol–water partition coefficient (Wildman–Crippen LogP) is 1.27. The van der Waals surface area contributed by atoms with Crippen molar-refractivity contribution in [2.75, 3.05) is 18.9 Å². The molecule has 120 valence electrons. The summed E-state index contributed by atoms with van der Waals surface area (Å²) in [4.78, 5) is 27.4. The SMILES string of the molecule is Nc1ccn([C@@H]2CO[C@@H](COC(=O)c3ccccc3)S2)c(=O)n1. The van der Waals surface area contributed by atoms with E-state index in [4.69, 9.17) is 15.2 Å². The number of aromatic nitrogens is 2. The van der Waals surface area contributed by atoms with Crippen molar-refractivity contribution in [1.29, 1.82) is 0 Å². The number of hydrogen-bond acceptors (Lipinski definition) is 7. The molecule has 1 aliphatic heterocycles. The number of benzene rings is 1. The smallest absolute Gasteiger partial charge is 0.350 e. The summed E-state index contributed by atoms with van der Waals surface area (Å²) in [6.07, 6.45) is 1.59. The molecule has 0 bridgehead atoms. The Morgan fingerprint density at radius 1 is 1.39 bits per heavy atom. The van der Waals surface area contributed by atoms with Crippen LogP contribution in [0, 0.1) is 0 Å². The Morgan fingerprint density at radius 3 is 2.91 bits per heavy atom. The molecule has 7 nitrogen and oxygen atoms in total. The second-order valence-corrected chi connectivity index (χ2v) is 6.20. The zero-order chi connectivity index (χ0) is 16.2. The first-order chi connectivity index (χ1) is 11.1. The van der Waals surface area contributed by atoms with Crippen molar-refractivity contribution in [2.45, 2.75) is 10.8 Å². The van der Waals surface area contributed by atoms with Crippen LogP contribution >= 0.6 is 11.8 Å². The monoisotopic (exact) mass is 333 g/mol. The minimum absolute atomic E-state index is 0.117. The molecular weight excluding hydrogens is 318 g/mol. The van der Waals surface area contributed by atoms with E-state index in [-0.39, 0.29) is 23.2 Å². The van der Waals surface area contributed by atoms with Gasteiger partial charge in [-0.1, -0.05) is 30.0 Å². The third-order valence-corrected chi connectivity index (χ3v) is 4.51. The molecule has 1 aromatic heterocycles. The highest BCUT2D eigenvalue weighted by molar-refractivity contribution is 8.00. The molecule has 0 saturated carbocycles. The van der Waals surface area contributed by atoms with Crippen molar-refractivity contribution >= 4 is 23.5 Å². The van der Waals surface area contributed by atoms with Crippen molar-refractivity contribution in [1.82, 2.24) is 9.55 Å². The van der Waals surface area contributed by atoms with Gasteiger partial charge in [-0.3, -0.25) is 4.57 Å². The van der Waals surface area contributed by atoms with Gasteiger partial charge in [-0.15, -0.1) is 0 Å². The van der Waals surface area contributed by atoms with Crippen molar-refractivity contribution in [3.8, 4) is 0 Å². The molecular formula is C15H15N3O4S. The third-order valence-electron chi connectivity index (χ3n) is 3.26. The molecule has 1 fully saturated rings. The molecule has 1 aromatic carbocycles. The normalized spacial score (nSPS) is 20.3. The largest absolute Gasteiger partial charge is 0.458 e. The Kier molecular flexibility index (Phi) is 4.63. The molecule has 3 rings (SSSR count). The van der Waals surface area contributed by atoms with Crippen LogP contribution in [-0.2, 0) is 9.47 Å². The van der Waals surface area contributed by atoms with Gasteiger partial charge in [0.25, 0.3) is 0 Å². The van der Waals surface area contributed by atoms with Crippen LogP contribution < -0.4 is 11.4 Å². The van der Waals surface area contributed by atoms with Gasteiger partial charge in [0, 0.05) is 6.20 Å². The lowest BCUT2D eigenvalue weighted by Gasteiger charge is -2.12. The highest BCUT2D eigenvalue weighted by Gasteiger charge is 2.29. The van der Waals surface area contributed by atoms with Crippen LogP contribution in [0.4, 0.5) is 5.82 Å². The van der Waals surface area contributed by atoms with E-state index >= 15 is 0 Å². The maximum atomic E-state index is 11.9. The van der Waals surface area contributed by atoms with Gasteiger partial charge in [-0.2, -0.15) is 4.98 Å². The van der Waals surface area contributed by atoms with E-state index in [9.17, 15) is 9.59 Å². The lowest BCUT2D eigenvalue weighted by atomic mass is 10.2.